The molecule has 1 aromatic rings. The Morgan fingerprint density at radius 3 is 2.86 bits per heavy atom. The van der Waals surface area contributed by atoms with Gasteiger partial charge in [-0.05, 0) is 13.8 Å². The van der Waals surface area contributed by atoms with Gasteiger partial charge in [0.15, 0.2) is 0 Å². The lowest BCUT2D eigenvalue weighted by Gasteiger charge is -2.28. The Morgan fingerprint density at radius 2 is 2.19 bits per heavy atom. The zero-order valence-corrected chi connectivity index (χ0v) is 11.9. The van der Waals surface area contributed by atoms with Crippen LogP contribution in [-0.4, -0.2) is 24.2 Å². The first kappa shape index (κ1) is 15.0. The lowest BCUT2D eigenvalue weighted by molar-refractivity contribution is -0.385. The number of hydrogen-bond donors (Lipinski definition) is 2. The summed E-state index contributed by atoms with van der Waals surface area (Å²) in [4.78, 5) is 22.9. The molecule has 1 heterocycles. The topological polar surface area (TPSA) is 93.5 Å². The van der Waals surface area contributed by atoms with Crippen LogP contribution in [-0.2, 0) is 9.53 Å². The first-order valence-corrected chi connectivity index (χ1v) is 6.64. The normalized spacial score (nSPS) is 18.1. The monoisotopic (exact) mass is 291 g/mol. The van der Waals surface area contributed by atoms with E-state index < -0.39 is 16.9 Å². The van der Waals surface area contributed by atoms with Crippen LogP contribution in [0.25, 0.3) is 0 Å². The molecule has 1 aromatic carbocycles. The van der Waals surface area contributed by atoms with Crippen molar-refractivity contribution in [3.05, 3.63) is 51.2 Å². The number of rotatable bonds is 4. The third-order valence-electron chi connectivity index (χ3n) is 3.29. The van der Waals surface area contributed by atoms with Crippen LogP contribution >= 0.6 is 0 Å². The number of nitrogens with zero attached hydrogens (tertiary/aromatic N) is 1. The Bertz CT molecular complexity index is 598. The molecule has 0 saturated carbocycles. The Balaban J connectivity index is 2.49. The third kappa shape index (κ3) is 3.03. The van der Waals surface area contributed by atoms with Gasteiger partial charge in [0, 0.05) is 11.8 Å². The van der Waals surface area contributed by atoms with E-state index in [1.807, 2.05) is 0 Å². The Morgan fingerprint density at radius 1 is 1.48 bits per heavy atom. The summed E-state index contributed by atoms with van der Waals surface area (Å²) >= 11 is 0. The molecule has 2 rings (SSSR count). The largest absolute Gasteiger partial charge is 0.463 e. The molecule has 112 valence electrons. The summed E-state index contributed by atoms with van der Waals surface area (Å²) in [5.41, 5.74) is 1.46. The molecule has 0 spiro atoms. The van der Waals surface area contributed by atoms with Gasteiger partial charge in [0.05, 0.1) is 35.4 Å². The van der Waals surface area contributed by atoms with Gasteiger partial charge in [0.1, 0.15) is 0 Å². The van der Waals surface area contributed by atoms with E-state index in [0.717, 1.165) is 0 Å². The third-order valence-corrected chi connectivity index (χ3v) is 3.29. The molecule has 0 aromatic heterocycles. The number of para-hydroxylation sites is 1. The van der Waals surface area contributed by atoms with Gasteiger partial charge in [-0.3, -0.25) is 15.4 Å². The molecular weight excluding hydrogens is 274 g/mol. The second kappa shape index (κ2) is 6.36. The zero-order chi connectivity index (χ0) is 15.4. The van der Waals surface area contributed by atoms with Gasteiger partial charge >= 0.3 is 5.97 Å². The summed E-state index contributed by atoms with van der Waals surface area (Å²) in [5.74, 6) is -0.474. The molecule has 0 saturated heterocycles. The highest BCUT2D eigenvalue weighted by Crippen LogP contribution is 2.32. The Kier molecular flexibility index (Phi) is 4.54. The van der Waals surface area contributed by atoms with E-state index in [2.05, 4.69) is 10.6 Å². The maximum Gasteiger partial charge on any atom is 0.337 e. The van der Waals surface area contributed by atoms with Gasteiger partial charge in [-0.2, -0.15) is 0 Å². The summed E-state index contributed by atoms with van der Waals surface area (Å²) < 4.78 is 5.06. The van der Waals surface area contributed by atoms with Crippen LogP contribution in [0.4, 0.5) is 5.69 Å². The van der Waals surface area contributed by atoms with Crippen LogP contribution in [0.3, 0.4) is 0 Å². The summed E-state index contributed by atoms with van der Waals surface area (Å²) in [6, 6.07) is 5.82. The van der Waals surface area contributed by atoms with E-state index in [0.29, 0.717) is 23.5 Å². The van der Waals surface area contributed by atoms with Gasteiger partial charge < -0.3 is 10.1 Å². The van der Waals surface area contributed by atoms with Crippen LogP contribution in [0.1, 0.15) is 25.5 Å². The molecule has 0 aliphatic carbocycles. The molecule has 0 fully saturated rings. The van der Waals surface area contributed by atoms with Crippen LogP contribution in [0.5, 0.6) is 0 Å². The first-order chi connectivity index (χ1) is 10.1. The SMILES string of the molecule is CCOC(=O)C1=C(C)NCNC1c1ccccc1[N+](=O)[O-]. The van der Waals surface area contributed by atoms with E-state index in [1.54, 1.807) is 32.0 Å². The maximum atomic E-state index is 12.1. The van der Waals surface area contributed by atoms with Gasteiger partial charge in [0.2, 0.25) is 0 Å². The van der Waals surface area contributed by atoms with Gasteiger partial charge in [-0.15, -0.1) is 0 Å². The first-order valence-electron chi connectivity index (χ1n) is 6.64. The molecule has 1 unspecified atom stereocenters. The smallest absolute Gasteiger partial charge is 0.337 e. The fraction of sp³-hybridized carbons (Fsp3) is 0.357. The lowest BCUT2D eigenvalue weighted by Crippen LogP contribution is -2.41. The second-order valence-electron chi connectivity index (χ2n) is 4.57. The predicted octanol–water partition coefficient (Wildman–Crippen LogP) is 1.62. The van der Waals surface area contributed by atoms with Crippen molar-refractivity contribution >= 4 is 11.7 Å². The summed E-state index contributed by atoms with van der Waals surface area (Å²) in [5, 5.41) is 17.3. The number of carbonyl (C=O) groups is 1. The lowest BCUT2D eigenvalue weighted by atomic mass is 9.94. The fourth-order valence-electron chi connectivity index (χ4n) is 2.34. The number of nitro groups is 1. The molecule has 1 aliphatic heterocycles. The molecule has 0 radical (unpaired) electrons. The van der Waals surface area contributed by atoms with Crippen LogP contribution < -0.4 is 10.6 Å². The molecule has 0 bridgehead atoms. The number of esters is 1. The van der Waals surface area contributed by atoms with Crippen molar-refractivity contribution in [3.63, 3.8) is 0 Å². The van der Waals surface area contributed by atoms with Crippen LogP contribution in [0, 0.1) is 10.1 Å². The standard InChI is InChI=1S/C14H17N3O4/c1-3-21-14(18)12-9(2)15-8-16-13(12)10-6-4-5-7-11(10)17(19)20/h4-7,13,15-16H,3,8H2,1-2H3. The minimum atomic E-state index is -0.563. The molecule has 7 heteroatoms. The van der Waals surface area contributed by atoms with Crippen molar-refractivity contribution in [2.24, 2.45) is 0 Å². The van der Waals surface area contributed by atoms with Crippen LogP contribution in [0.15, 0.2) is 35.5 Å². The van der Waals surface area contributed by atoms with Gasteiger partial charge in [-0.1, -0.05) is 18.2 Å². The van der Waals surface area contributed by atoms with E-state index in [9.17, 15) is 14.9 Å². The maximum absolute atomic E-state index is 12.1. The molecule has 1 atom stereocenters. The molecule has 7 nitrogen and oxygen atoms in total. The minimum Gasteiger partial charge on any atom is -0.463 e. The molecular formula is C14H17N3O4. The van der Waals surface area contributed by atoms with Crippen molar-refractivity contribution in [2.75, 3.05) is 13.3 Å². The van der Waals surface area contributed by atoms with Crippen LogP contribution in [0.2, 0.25) is 0 Å². The summed E-state index contributed by atoms with van der Waals surface area (Å²) in [6.07, 6.45) is 0. The van der Waals surface area contributed by atoms with Crippen molar-refractivity contribution < 1.29 is 14.5 Å². The quantitative estimate of drug-likeness (QED) is 0.497. The van der Waals surface area contributed by atoms with E-state index in [1.165, 1.54) is 6.07 Å². The van der Waals surface area contributed by atoms with Gasteiger partial charge in [-0.25, -0.2) is 4.79 Å². The van der Waals surface area contributed by atoms with Crippen molar-refractivity contribution in [3.8, 4) is 0 Å². The number of nitrogens with one attached hydrogen (secondary N) is 2. The number of benzene rings is 1. The molecule has 0 amide bonds. The molecule has 21 heavy (non-hydrogen) atoms. The minimum absolute atomic E-state index is 0.0218. The number of ether oxygens (including phenoxy) is 1. The average molecular weight is 291 g/mol. The van der Waals surface area contributed by atoms with E-state index in [4.69, 9.17) is 4.74 Å². The van der Waals surface area contributed by atoms with Gasteiger partial charge in [0.25, 0.3) is 5.69 Å². The zero-order valence-electron chi connectivity index (χ0n) is 11.9. The summed E-state index contributed by atoms with van der Waals surface area (Å²) in [6.45, 7) is 4.15. The number of nitro benzene ring substituents is 1. The fourth-order valence-corrected chi connectivity index (χ4v) is 2.34. The Hall–Kier alpha value is -2.41. The van der Waals surface area contributed by atoms with Crippen molar-refractivity contribution in [2.45, 2.75) is 19.9 Å². The van der Waals surface area contributed by atoms with E-state index in [-0.39, 0.29) is 12.3 Å². The molecule has 2 N–H and O–H groups in total. The predicted molar refractivity (Wildman–Crippen MR) is 76.3 cm³/mol. The highest BCUT2D eigenvalue weighted by atomic mass is 16.6. The average Bonchev–Trinajstić information content (AvgIpc) is 2.47. The van der Waals surface area contributed by atoms with Crippen molar-refractivity contribution in [1.82, 2.24) is 10.6 Å². The number of carbonyl (C=O) groups excluding carboxylic acids is 1. The number of allylic oxidation sites excluding steroid dienone is 1. The number of hydrogen-bond acceptors (Lipinski definition) is 6. The Labute approximate surface area is 122 Å². The second-order valence-corrected chi connectivity index (χ2v) is 4.57. The molecule has 1 aliphatic rings. The highest BCUT2D eigenvalue weighted by Gasteiger charge is 2.32. The summed E-state index contributed by atoms with van der Waals surface area (Å²) in [7, 11) is 0. The highest BCUT2D eigenvalue weighted by molar-refractivity contribution is 5.91. The van der Waals surface area contributed by atoms with Crippen molar-refractivity contribution in [1.29, 1.82) is 0 Å². The van der Waals surface area contributed by atoms with E-state index >= 15 is 0 Å².